The summed E-state index contributed by atoms with van der Waals surface area (Å²) >= 11 is 0. The van der Waals surface area contributed by atoms with Crippen LogP contribution in [0.25, 0.3) is 0 Å². The molecule has 0 radical (unpaired) electrons. The Bertz CT molecular complexity index is 681. The van der Waals surface area contributed by atoms with Gasteiger partial charge in [-0.05, 0) is 32.2 Å². The van der Waals surface area contributed by atoms with Crippen LogP contribution in [0, 0.1) is 6.92 Å². The number of amides is 1. The lowest BCUT2D eigenvalue weighted by molar-refractivity contribution is 0.102. The van der Waals surface area contributed by atoms with Crippen molar-refractivity contribution in [3.8, 4) is 0 Å². The van der Waals surface area contributed by atoms with Gasteiger partial charge in [0, 0.05) is 37.6 Å². The standard InChI is InChI=1S/C17H21N5O/c1-13-12-15(16(23)19-14-6-4-3-5-7-14)20-17(18-13)22-10-8-21(2)9-11-22/h3-7,12H,8-11H2,1-2H3,(H,19,23). The fourth-order valence-corrected chi connectivity index (χ4v) is 2.53. The van der Waals surface area contributed by atoms with Crippen LogP contribution in [0.4, 0.5) is 11.6 Å². The summed E-state index contributed by atoms with van der Waals surface area (Å²) in [5.41, 5.74) is 1.96. The van der Waals surface area contributed by atoms with Gasteiger partial charge in [0.25, 0.3) is 5.91 Å². The first-order valence-corrected chi connectivity index (χ1v) is 7.77. The molecule has 3 rings (SSSR count). The third-order valence-corrected chi connectivity index (χ3v) is 3.89. The third-order valence-electron chi connectivity index (χ3n) is 3.89. The van der Waals surface area contributed by atoms with Gasteiger partial charge in [0.05, 0.1) is 0 Å². The number of nitrogens with zero attached hydrogens (tertiary/aromatic N) is 4. The first kappa shape index (κ1) is 15.4. The van der Waals surface area contributed by atoms with Crippen LogP contribution in [0.3, 0.4) is 0 Å². The molecule has 0 atom stereocenters. The molecule has 1 aliphatic heterocycles. The van der Waals surface area contributed by atoms with Gasteiger partial charge >= 0.3 is 0 Å². The van der Waals surface area contributed by atoms with Crippen molar-refractivity contribution >= 4 is 17.5 Å². The summed E-state index contributed by atoms with van der Waals surface area (Å²) in [6.07, 6.45) is 0. The minimum atomic E-state index is -0.211. The molecule has 0 saturated carbocycles. The maximum atomic E-state index is 12.4. The lowest BCUT2D eigenvalue weighted by Gasteiger charge is -2.32. The van der Waals surface area contributed by atoms with E-state index in [4.69, 9.17) is 0 Å². The number of likely N-dealkylation sites (N-methyl/N-ethyl adjacent to an activating group) is 1. The summed E-state index contributed by atoms with van der Waals surface area (Å²) in [4.78, 5) is 25.8. The van der Waals surface area contributed by atoms with Crippen molar-refractivity contribution in [1.29, 1.82) is 0 Å². The Balaban J connectivity index is 1.78. The molecule has 1 N–H and O–H groups in total. The summed E-state index contributed by atoms with van der Waals surface area (Å²) in [5.74, 6) is 0.424. The van der Waals surface area contributed by atoms with E-state index in [0.717, 1.165) is 37.6 Å². The van der Waals surface area contributed by atoms with Crippen molar-refractivity contribution in [1.82, 2.24) is 14.9 Å². The Kier molecular flexibility index (Phi) is 4.52. The predicted octanol–water partition coefficient (Wildman–Crippen LogP) is 1.79. The van der Waals surface area contributed by atoms with Crippen LogP contribution in [-0.4, -0.2) is 54.0 Å². The van der Waals surface area contributed by atoms with E-state index in [1.54, 1.807) is 6.07 Å². The second kappa shape index (κ2) is 6.75. The molecular weight excluding hydrogens is 290 g/mol. The average molecular weight is 311 g/mol. The van der Waals surface area contributed by atoms with Gasteiger partial charge in [0.1, 0.15) is 5.69 Å². The normalized spacial score (nSPS) is 15.5. The number of nitrogens with one attached hydrogen (secondary N) is 1. The SMILES string of the molecule is Cc1cc(C(=O)Nc2ccccc2)nc(N2CCN(C)CC2)n1. The third kappa shape index (κ3) is 3.84. The molecule has 1 saturated heterocycles. The van der Waals surface area contributed by atoms with Crippen molar-refractivity contribution in [2.45, 2.75) is 6.92 Å². The Labute approximate surface area is 136 Å². The molecule has 0 unspecified atom stereocenters. The molecular formula is C17H21N5O. The fraction of sp³-hybridized carbons (Fsp3) is 0.353. The van der Waals surface area contributed by atoms with Crippen molar-refractivity contribution < 1.29 is 4.79 Å². The van der Waals surface area contributed by atoms with Gasteiger partial charge in [-0.25, -0.2) is 9.97 Å². The van der Waals surface area contributed by atoms with Gasteiger partial charge in [-0.1, -0.05) is 18.2 Å². The minimum absolute atomic E-state index is 0.211. The number of hydrogen-bond acceptors (Lipinski definition) is 5. The largest absolute Gasteiger partial charge is 0.338 e. The topological polar surface area (TPSA) is 61.4 Å². The van der Waals surface area contributed by atoms with Crippen LogP contribution in [0.5, 0.6) is 0 Å². The van der Waals surface area contributed by atoms with E-state index in [1.165, 1.54) is 0 Å². The number of benzene rings is 1. The summed E-state index contributed by atoms with van der Waals surface area (Å²) in [7, 11) is 2.10. The van der Waals surface area contributed by atoms with Crippen LogP contribution in [0.1, 0.15) is 16.2 Å². The van der Waals surface area contributed by atoms with Crippen molar-refractivity contribution in [2.24, 2.45) is 0 Å². The molecule has 6 heteroatoms. The molecule has 1 aromatic heterocycles. The molecule has 2 heterocycles. The Morgan fingerprint density at radius 3 is 2.48 bits per heavy atom. The lowest BCUT2D eigenvalue weighted by Crippen LogP contribution is -2.45. The summed E-state index contributed by atoms with van der Waals surface area (Å²) < 4.78 is 0. The van der Waals surface area contributed by atoms with Gasteiger partial charge in [0.2, 0.25) is 5.95 Å². The zero-order valence-corrected chi connectivity index (χ0v) is 13.5. The lowest BCUT2D eigenvalue weighted by atomic mass is 10.3. The number of carbonyl (C=O) groups excluding carboxylic acids is 1. The number of piperazine rings is 1. The number of rotatable bonds is 3. The molecule has 2 aromatic rings. The Hall–Kier alpha value is -2.47. The van der Waals surface area contributed by atoms with Crippen LogP contribution in [0.2, 0.25) is 0 Å². The smallest absolute Gasteiger partial charge is 0.274 e. The number of hydrogen-bond donors (Lipinski definition) is 1. The van der Waals surface area contributed by atoms with E-state index in [-0.39, 0.29) is 5.91 Å². The molecule has 0 spiro atoms. The number of aromatic nitrogens is 2. The predicted molar refractivity (Wildman–Crippen MR) is 90.9 cm³/mol. The van der Waals surface area contributed by atoms with Gasteiger partial charge in [-0.3, -0.25) is 4.79 Å². The van der Waals surface area contributed by atoms with Crippen molar-refractivity contribution in [3.63, 3.8) is 0 Å². The van der Waals surface area contributed by atoms with E-state index in [0.29, 0.717) is 11.6 Å². The van der Waals surface area contributed by atoms with E-state index < -0.39 is 0 Å². The molecule has 1 amide bonds. The second-order valence-electron chi connectivity index (χ2n) is 5.81. The van der Waals surface area contributed by atoms with Gasteiger partial charge in [-0.15, -0.1) is 0 Å². The van der Waals surface area contributed by atoms with Crippen LogP contribution in [-0.2, 0) is 0 Å². The van der Waals surface area contributed by atoms with E-state index in [1.807, 2.05) is 37.3 Å². The number of anilines is 2. The highest BCUT2D eigenvalue weighted by Crippen LogP contribution is 2.14. The zero-order chi connectivity index (χ0) is 16.2. The summed E-state index contributed by atoms with van der Waals surface area (Å²) in [6, 6.07) is 11.1. The second-order valence-corrected chi connectivity index (χ2v) is 5.81. The maximum absolute atomic E-state index is 12.4. The van der Waals surface area contributed by atoms with Gasteiger partial charge in [-0.2, -0.15) is 0 Å². The summed E-state index contributed by atoms with van der Waals surface area (Å²) in [5, 5.41) is 2.87. The first-order chi connectivity index (χ1) is 11.1. The number of para-hydroxylation sites is 1. The molecule has 1 aliphatic rings. The molecule has 1 fully saturated rings. The highest BCUT2D eigenvalue weighted by atomic mass is 16.1. The van der Waals surface area contributed by atoms with Crippen LogP contribution >= 0.6 is 0 Å². The number of carbonyl (C=O) groups is 1. The van der Waals surface area contributed by atoms with Crippen LogP contribution in [0.15, 0.2) is 36.4 Å². The average Bonchev–Trinajstić information content (AvgIpc) is 2.56. The quantitative estimate of drug-likeness (QED) is 0.936. The Morgan fingerprint density at radius 2 is 1.78 bits per heavy atom. The molecule has 120 valence electrons. The highest BCUT2D eigenvalue weighted by Gasteiger charge is 2.19. The van der Waals surface area contributed by atoms with E-state index in [2.05, 4.69) is 32.1 Å². The van der Waals surface area contributed by atoms with Gasteiger partial charge in [0.15, 0.2) is 0 Å². The first-order valence-electron chi connectivity index (χ1n) is 7.77. The summed E-state index contributed by atoms with van der Waals surface area (Å²) in [6.45, 7) is 5.59. The van der Waals surface area contributed by atoms with Crippen molar-refractivity contribution in [3.05, 3.63) is 47.8 Å². The van der Waals surface area contributed by atoms with E-state index >= 15 is 0 Å². The van der Waals surface area contributed by atoms with Crippen molar-refractivity contribution in [2.75, 3.05) is 43.4 Å². The molecule has 1 aromatic carbocycles. The number of aryl methyl sites for hydroxylation is 1. The van der Waals surface area contributed by atoms with Crippen LogP contribution < -0.4 is 10.2 Å². The fourth-order valence-electron chi connectivity index (χ4n) is 2.53. The van der Waals surface area contributed by atoms with E-state index in [9.17, 15) is 4.79 Å². The monoisotopic (exact) mass is 311 g/mol. The Morgan fingerprint density at radius 1 is 1.09 bits per heavy atom. The molecule has 23 heavy (non-hydrogen) atoms. The minimum Gasteiger partial charge on any atom is -0.338 e. The zero-order valence-electron chi connectivity index (χ0n) is 13.5. The highest BCUT2D eigenvalue weighted by molar-refractivity contribution is 6.03. The maximum Gasteiger partial charge on any atom is 0.274 e. The molecule has 0 bridgehead atoms. The molecule has 0 aliphatic carbocycles. The van der Waals surface area contributed by atoms with Gasteiger partial charge < -0.3 is 15.1 Å². The molecule has 6 nitrogen and oxygen atoms in total.